The number of amides is 1. The third-order valence-electron chi connectivity index (χ3n) is 3.09. The fraction of sp³-hybridized carbons (Fsp3) is 0.500. The first kappa shape index (κ1) is 13.6. The summed E-state index contributed by atoms with van der Waals surface area (Å²) in [5.74, 6) is 0.733. The minimum absolute atomic E-state index is 0.0381. The quantitative estimate of drug-likeness (QED) is 0.820. The second-order valence-corrected chi connectivity index (χ2v) is 5.54. The minimum atomic E-state index is -0.0381. The molecule has 1 amide bonds. The number of halogens is 1. The van der Waals surface area contributed by atoms with Crippen molar-refractivity contribution in [1.29, 1.82) is 0 Å². The van der Waals surface area contributed by atoms with Crippen molar-refractivity contribution in [2.24, 2.45) is 5.92 Å². The molecule has 0 heterocycles. The first-order chi connectivity index (χ1) is 8.68. The summed E-state index contributed by atoms with van der Waals surface area (Å²) in [6.07, 6.45) is 2.59. The smallest absolute Gasteiger partial charge is 0.251 e. The van der Waals surface area contributed by atoms with Gasteiger partial charge in [-0.05, 0) is 43.4 Å². The fourth-order valence-electron chi connectivity index (χ4n) is 1.72. The van der Waals surface area contributed by atoms with Crippen molar-refractivity contribution in [1.82, 2.24) is 5.32 Å². The van der Waals surface area contributed by atoms with Crippen LogP contribution in [0.1, 0.15) is 28.8 Å². The van der Waals surface area contributed by atoms with E-state index in [0.29, 0.717) is 18.7 Å². The molecule has 0 atom stereocenters. The maximum absolute atomic E-state index is 11.9. The molecule has 0 saturated heterocycles. The van der Waals surface area contributed by atoms with E-state index in [4.69, 9.17) is 4.74 Å². The van der Waals surface area contributed by atoms with Gasteiger partial charge in [0.05, 0.1) is 6.61 Å². The number of hydrogen-bond donors (Lipinski definition) is 1. The van der Waals surface area contributed by atoms with E-state index < -0.39 is 0 Å². The molecular formula is C14H18BrNO2. The zero-order valence-electron chi connectivity index (χ0n) is 10.5. The van der Waals surface area contributed by atoms with Crippen LogP contribution in [0.4, 0.5) is 0 Å². The fourth-order valence-corrected chi connectivity index (χ4v) is 2.09. The first-order valence-corrected chi connectivity index (χ1v) is 7.09. The van der Waals surface area contributed by atoms with Crippen molar-refractivity contribution in [3.8, 4) is 0 Å². The van der Waals surface area contributed by atoms with Gasteiger partial charge in [-0.25, -0.2) is 0 Å². The zero-order chi connectivity index (χ0) is 13.0. The summed E-state index contributed by atoms with van der Waals surface area (Å²) in [6, 6.07) is 5.64. The van der Waals surface area contributed by atoms with Gasteiger partial charge in [-0.2, -0.15) is 0 Å². The van der Waals surface area contributed by atoms with Crippen LogP contribution in [-0.2, 0) is 4.74 Å². The Morgan fingerprint density at radius 3 is 3.00 bits per heavy atom. The third kappa shape index (κ3) is 3.82. The minimum Gasteiger partial charge on any atom is -0.379 e. The molecule has 1 aromatic rings. The lowest BCUT2D eigenvalue weighted by molar-refractivity contribution is 0.0906. The summed E-state index contributed by atoms with van der Waals surface area (Å²) in [4.78, 5) is 11.9. The third-order valence-corrected chi connectivity index (χ3v) is 3.95. The van der Waals surface area contributed by atoms with E-state index in [2.05, 4.69) is 21.2 Å². The highest BCUT2D eigenvalue weighted by molar-refractivity contribution is 9.10. The molecule has 98 valence electrons. The monoisotopic (exact) mass is 311 g/mol. The molecule has 0 bridgehead atoms. The number of carbonyl (C=O) groups excluding carboxylic acids is 1. The molecule has 1 fully saturated rings. The first-order valence-electron chi connectivity index (χ1n) is 6.29. The lowest BCUT2D eigenvalue weighted by Gasteiger charge is -2.09. The average Bonchev–Trinajstić information content (AvgIpc) is 3.16. The van der Waals surface area contributed by atoms with Gasteiger partial charge in [-0.1, -0.05) is 22.0 Å². The normalized spacial score (nSPS) is 14.6. The van der Waals surface area contributed by atoms with Gasteiger partial charge in [0, 0.05) is 23.2 Å². The summed E-state index contributed by atoms with van der Waals surface area (Å²) in [5.41, 5.74) is 1.68. The van der Waals surface area contributed by atoms with Crippen molar-refractivity contribution in [2.45, 2.75) is 19.8 Å². The van der Waals surface area contributed by atoms with E-state index in [1.807, 2.05) is 25.1 Å². The Kier molecular flexibility index (Phi) is 4.78. The zero-order valence-corrected chi connectivity index (χ0v) is 12.1. The van der Waals surface area contributed by atoms with Crippen LogP contribution in [0.5, 0.6) is 0 Å². The summed E-state index contributed by atoms with van der Waals surface area (Å²) < 4.78 is 6.43. The van der Waals surface area contributed by atoms with Crippen LogP contribution < -0.4 is 5.32 Å². The Morgan fingerprint density at radius 1 is 1.50 bits per heavy atom. The molecule has 1 aliphatic carbocycles. The van der Waals surface area contributed by atoms with E-state index in [-0.39, 0.29) is 5.91 Å². The van der Waals surface area contributed by atoms with Crippen molar-refractivity contribution in [3.05, 3.63) is 33.8 Å². The largest absolute Gasteiger partial charge is 0.379 e. The van der Waals surface area contributed by atoms with Crippen LogP contribution in [0, 0.1) is 12.8 Å². The number of carbonyl (C=O) groups is 1. The maximum atomic E-state index is 11.9. The van der Waals surface area contributed by atoms with Gasteiger partial charge < -0.3 is 10.1 Å². The van der Waals surface area contributed by atoms with Crippen molar-refractivity contribution < 1.29 is 9.53 Å². The average molecular weight is 312 g/mol. The van der Waals surface area contributed by atoms with Gasteiger partial charge in [0.1, 0.15) is 0 Å². The molecule has 1 aromatic carbocycles. The Labute approximate surface area is 116 Å². The van der Waals surface area contributed by atoms with Gasteiger partial charge in [-0.3, -0.25) is 4.79 Å². The van der Waals surface area contributed by atoms with Gasteiger partial charge in [0.2, 0.25) is 0 Å². The number of rotatable bonds is 6. The van der Waals surface area contributed by atoms with E-state index in [9.17, 15) is 4.79 Å². The maximum Gasteiger partial charge on any atom is 0.251 e. The summed E-state index contributed by atoms with van der Waals surface area (Å²) in [6.45, 7) is 3.93. The molecule has 18 heavy (non-hydrogen) atoms. The molecule has 0 spiro atoms. The highest BCUT2D eigenvalue weighted by Crippen LogP contribution is 2.28. The van der Waals surface area contributed by atoms with Crippen LogP contribution in [0.3, 0.4) is 0 Å². The predicted octanol–water partition coefficient (Wildman–Crippen LogP) is 2.91. The van der Waals surface area contributed by atoms with Crippen LogP contribution in [0.2, 0.25) is 0 Å². The highest BCUT2D eigenvalue weighted by atomic mass is 79.9. The molecular weight excluding hydrogens is 294 g/mol. The Bertz CT molecular complexity index is 430. The molecule has 0 aromatic heterocycles. The molecule has 1 N–H and O–H groups in total. The SMILES string of the molecule is Cc1c(Br)cccc1C(=O)NCCOCC1CC1. The Morgan fingerprint density at radius 2 is 2.28 bits per heavy atom. The lowest BCUT2D eigenvalue weighted by atomic mass is 10.1. The van der Waals surface area contributed by atoms with Crippen molar-refractivity contribution in [3.63, 3.8) is 0 Å². The molecule has 0 radical (unpaired) electrons. The molecule has 0 unspecified atom stereocenters. The predicted molar refractivity (Wildman–Crippen MR) is 74.8 cm³/mol. The molecule has 1 saturated carbocycles. The summed E-state index contributed by atoms with van der Waals surface area (Å²) >= 11 is 3.43. The lowest BCUT2D eigenvalue weighted by Crippen LogP contribution is -2.28. The second-order valence-electron chi connectivity index (χ2n) is 4.69. The van der Waals surface area contributed by atoms with Crippen LogP contribution in [0.15, 0.2) is 22.7 Å². The number of ether oxygens (including phenoxy) is 1. The molecule has 0 aliphatic heterocycles. The number of nitrogens with one attached hydrogen (secondary N) is 1. The number of hydrogen-bond acceptors (Lipinski definition) is 2. The van der Waals surface area contributed by atoms with Gasteiger partial charge >= 0.3 is 0 Å². The topological polar surface area (TPSA) is 38.3 Å². The molecule has 3 nitrogen and oxygen atoms in total. The van der Waals surface area contributed by atoms with Crippen LogP contribution in [-0.4, -0.2) is 25.7 Å². The highest BCUT2D eigenvalue weighted by Gasteiger charge is 2.20. The van der Waals surface area contributed by atoms with E-state index >= 15 is 0 Å². The van der Waals surface area contributed by atoms with E-state index in [1.165, 1.54) is 12.8 Å². The second kappa shape index (κ2) is 6.34. The standard InChI is InChI=1S/C14H18BrNO2/c1-10-12(3-2-4-13(10)15)14(17)16-7-8-18-9-11-5-6-11/h2-4,11H,5-9H2,1H3,(H,16,17). The van der Waals surface area contributed by atoms with E-state index in [0.717, 1.165) is 22.6 Å². The molecule has 4 heteroatoms. The van der Waals surface area contributed by atoms with Crippen LogP contribution in [0.25, 0.3) is 0 Å². The van der Waals surface area contributed by atoms with Gasteiger partial charge in [-0.15, -0.1) is 0 Å². The van der Waals surface area contributed by atoms with Gasteiger partial charge in [0.25, 0.3) is 5.91 Å². The van der Waals surface area contributed by atoms with Crippen molar-refractivity contribution in [2.75, 3.05) is 19.8 Å². The molecule has 1 aliphatic rings. The Hall–Kier alpha value is -0.870. The van der Waals surface area contributed by atoms with Crippen molar-refractivity contribution >= 4 is 21.8 Å². The van der Waals surface area contributed by atoms with E-state index in [1.54, 1.807) is 0 Å². The summed E-state index contributed by atoms with van der Waals surface area (Å²) in [5, 5.41) is 2.88. The van der Waals surface area contributed by atoms with Crippen LogP contribution >= 0.6 is 15.9 Å². The summed E-state index contributed by atoms with van der Waals surface area (Å²) in [7, 11) is 0. The van der Waals surface area contributed by atoms with Gasteiger partial charge in [0.15, 0.2) is 0 Å². The Balaban J connectivity index is 1.74. The number of benzene rings is 1. The molecule has 2 rings (SSSR count).